The van der Waals surface area contributed by atoms with Crippen LogP contribution in [0.2, 0.25) is 0 Å². The summed E-state index contributed by atoms with van der Waals surface area (Å²) >= 11 is 0. The molecule has 0 radical (unpaired) electrons. The van der Waals surface area contributed by atoms with Crippen molar-refractivity contribution in [3.05, 3.63) is 35.9 Å². The molecule has 0 aromatic heterocycles. The van der Waals surface area contributed by atoms with E-state index >= 15 is 0 Å². The third-order valence-electron chi connectivity index (χ3n) is 4.29. The van der Waals surface area contributed by atoms with Crippen LogP contribution < -0.4 is 5.73 Å². The number of benzene rings is 1. The van der Waals surface area contributed by atoms with Crippen molar-refractivity contribution in [2.45, 2.75) is 25.6 Å². The molecule has 2 aliphatic heterocycles. The quantitative estimate of drug-likeness (QED) is 0.812. The molecule has 1 aromatic carbocycles. The van der Waals surface area contributed by atoms with Gasteiger partial charge >= 0.3 is 0 Å². The normalized spacial score (nSPS) is 31.6. The molecule has 0 saturated carbocycles. The molecule has 102 valence electrons. The number of nitrogens with two attached hydrogens (primary N) is 1. The molecule has 19 heavy (non-hydrogen) atoms. The Morgan fingerprint density at radius 2 is 1.95 bits per heavy atom. The summed E-state index contributed by atoms with van der Waals surface area (Å²) in [5.41, 5.74) is 7.01. The molecule has 1 amide bonds. The summed E-state index contributed by atoms with van der Waals surface area (Å²) in [7, 11) is 0. The number of rotatable bonds is 3. The second-order valence-corrected chi connectivity index (χ2v) is 5.82. The van der Waals surface area contributed by atoms with Crippen molar-refractivity contribution in [1.82, 2.24) is 9.80 Å². The summed E-state index contributed by atoms with van der Waals surface area (Å²) in [4.78, 5) is 16.1. The van der Waals surface area contributed by atoms with Gasteiger partial charge in [-0.2, -0.15) is 0 Å². The fraction of sp³-hybridized carbons (Fsp3) is 0.533. The minimum absolute atomic E-state index is 0.124. The maximum Gasteiger partial charge on any atom is 0.241 e. The van der Waals surface area contributed by atoms with Gasteiger partial charge in [-0.3, -0.25) is 9.69 Å². The zero-order chi connectivity index (χ0) is 13.4. The van der Waals surface area contributed by atoms with Gasteiger partial charge in [0.15, 0.2) is 0 Å². The molecule has 4 nitrogen and oxygen atoms in total. The number of nitrogens with zero attached hydrogens (tertiary/aromatic N) is 2. The largest absolute Gasteiger partial charge is 0.335 e. The first-order valence-corrected chi connectivity index (χ1v) is 6.97. The third kappa shape index (κ3) is 2.38. The molecule has 2 N–H and O–H groups in total. The Hall–Kier alpha value is -1.39. The molecule has 1 aromatic rings. The van der Waals surface area contributed by atoms with Crippen LogP contribution in [0.5, 0.6) is 0 Å². The Morgan fingerprint density at radius 3 is 2.58 bits per heavy atom. The SMILES string of the molecule is CC1CN(Cc2ccccc2)CC1N1CC(N)C1=O. The Bertz CT molecular complexity index is 462. The van der Waals surface area contributed by atoms with E-state index in [0.717, 1.165) is 26.2 Å². The number of carbonyl (C=O) groups excluding carboxylic acids is 1. The molecular weight excluding hydrogens is 238 g/mol. The van der Waals surface area contributed by atoms with Crippen molar-refractivity contribution in [1.29, 1.82) is 0 Å². The molecule has 0 spiro atoms. The van der Waals surface area contributed by atoms with Crippen molar-refractivity contribution in [2.24, 2.45) is 11.7 Å². The number of amides is 1. The summed E-state index contributed by atoms with van der Waals surface area (Å²) in [5.74, 6) is 0.651. The number of β-lactam (4-membered cyclic amide) rings is 1. The zero-order valence-corrected chi connectivity index (χ0v) is 11.3. The second kappa shape index (κ2) is 4.94. The monoisotopic (exact) mass is 259 g/mol. The van der Waals surface area contributed by atoms with Crippen LogP contribution >= 0.6 is 0 Å². The van der Waals surface area contributed by atoms with Gasteiger partial charge in [-0.1, -0.05) is 37.3 Å². The second-order valence-electron chi connectivity index (χ2n) is 5.82. The molecule has 2 fully saturated rings. The number of hydrogen-bond donors (Lipinski definition) is 1. The van der Waals surface area contributed by atoms with Crippen LogP contribution in [0.15, 0.2) is 30.3 Å². The van der Waals surface area contributed by atoms with Crippen LogP contribution in [0.3, 0.4) is 0 Å². The number of carbonyl (C=O) groups is 1. The van der Waals surface area contributed by atoms with E-state index in [-0.39, 0.29) is 11.9 Å². The van der Waals surface area contributed by atoms with Crippen molar-refractivity contribution < 1.29 is 4.79 Å². The molecule has 3 rings (SSSR count). The van der Waals surface area contributed by atoms with Gasteiger partial charge in [0.25, 0.3) is 0 Å². The van der Waals surface area contributed by atoms with Gasteiger partial charge in [-0.15, -0.1) is 0 Å². The lowest BCUT2D eigenvalue weighted by molar-refractivity contribution is -0.146. The smallest absolute Gasteiger partial charge is 0.241 e. The Balaban J connectivity index is 1.61. The van der Waals surface area contributed by atoms with E-state index in [1.165, 1.54) is 5.56 Å². The summed E-state index contributed by atoms with van der Waals surface area (Å²) in [5, 5.41) is 0. The highest BCUT2D eigenvalue weighted by molar-refractivity contribution is 5.88. The van der Waals surface area contributed by atoms with Gasteiger partial charge in [0.1, 0.15) is 6.04 Å². The van der Waals surface area contributed by atoms with E-state index in [9.17, 15) is 4.79 Å². The maximum atomic E-state index is 11.7. The lowest BCUT2D eigenvalue weighted by Gasteiger charge is -2.42. The predicted octanol–water partition coefficient (Wildman–Crippen LogP) is 0.676. The van der Waals surface area contributed by atoms with Gasteiger partial charge in [0.05, 0.1) is 0 Å². The highest BCUT2D eigenvalue weighted by Gasteiger charge is 2.43. The van der Waals surface area contributed by atoms with Gasteiger partial charge in [0, 0.05) is 32.2 Å². The van der Waals surface area contributed by atoms with Crippen LogP contribution in [-0.2, 0) is 11.3 Å². The summed E-state index contributed by atoms with van der Waals surface area (Å²) < 4.78 is 0. The van der Waals surface area contributed by atoms with E-state index in [1.54, 1.807) is 0 Å². The molecule has 2 heterocycles. The molecule has 2 saturated heterocycles. The van der Waals surface area contributed by atoms with Gasteiger partial charge in [-0.25, -0.2) is 0 Å². The van der Waals surface area contributed by atoms with Crippen molar-refractivity contribution in [3.8, 4) is 0 Å². The lowest BCUT2D eigenvalue weighted by Crippen LogP contribution is -2.65. The van der Waals surface area contributed by atoms with Gasteiger partial charge in [0.2, 0.25) is 5.91 Å². The predicted molar refractivity (Wildman–Crippen MR) is 74.4 cm³/mol. The van der Waals surface area contributed by atoms with E-state index in [0.29, 0.717) is 12.0 Å². The Morgan fingerprint density at radius 1 is 1.21 bits per heavy atom. The zero-order valence-electron chi connectivity index (χ0n) is 11.3. The van der Waals surface area contributed by atoms with E-state index in [4.69, 9.17) is 5.73 Å². The average molecular weight is 259 g/mol. The fourth-order valence-electron chi connectivity index (χ4n) is 3.20. The Kier molecular flexibility index (Phi) is 3.29. The molecular formula is C15H21N3O. The third-order valence-corrected chi connectivity index (χ3v) is 4.29. The molecule has 3 atom stereocenters. The first-order chi connectivity index (χ1) is 9.15. The van der Waals surface area contributed by atoms with Crippen LogP contribution in [0.25, 0.3) is 0 Å². The van der Waals surface area contributed by atoms with Crippen molar-refractivity contribution >= 4 is 5.91 Å². The number of hydrogen-bond acceptors (Lipinski definition) is 3. The van der Waals surface area contributed by atoms with Crippen molar-refractivity contribution in [3.63, 3.8) is 0 Å². The summed E-state index contributed by atoms with van der Waals surface area (Å²) in [6.45, 7) is 5.95. The van der Waals surface area contributed by atoms with Crippen molar-refractivity contribution in [2.75, 3.05) is 19.6 Å². The molecule has 0 aliphatic carbocycles. The van der Waals surface area contributed by atoms with Crippen LogP contribution in [0.1, 0.15) is 12.5 Å². The van der Waals surface area contributed by atoms with E-state index < -0.39 is 0 Å². The van der Waals surface area contributed by atoms with Gasteiger partial charge < -0.3 is 10.6 Å². The number of likely N-dealkylation sites (tertiary alicyclic amines) is 2. The standard InChI is InChI=1S/C15H21N3O/c1-11-7-17(8-12-5-3-2-4-6-12)10-14(11)18-9-13(16)15(18)19/h2-6,11,13-14H,7-10,16H2,1H3. The van der Waals surface area contributed by atoms with Crippen LogP contribution in [0, 0.1) is 5.92 Å². The first-order valence-electron chi connectivity index (χ1n) is 6.97. The van der Waals surface area contributed by atoms with E-state index in [1.807, 2.05) is 11.0 Å². The highest BCUT2D eigenvalue weighted by atomic mass is 16.2. The summed E-state index contributed by atoms with van der Waals surface area (Å²) in [6.07, 6.45) is 0. The highest BCUT2D eigenvalue weighted by Crippen LogP contribution is 2.27. The van der Waals surface area contributed by atoms with Gasteiger partial charge in [-0.05, 0) is 11.5 Å². The van der Waals surface area contributed by atoms with Crippen LogP contribution in [0.4, 0.5) is 0 Å². The minimum Gasteiger partial charge on any atom is -0.335 e. The summed E-state index contributed by atoms with van der Waals surface area (Å²) in [6, 6.07) is 10.6. The maximum absolute atomic E-state index is 11.7. The molecule has 2 aliphatic rings. The van der Waals surface area contributed by atoms with Crippen LogP contribution in [-0.4, -0.2) is 47.4 Å². The van der Waals surface area contributed by atoms with E-state index in [2.05, 4.69) is 36.1 Å². The lowest BCUT2D eigenvalue weighted by atomic mass is 9.98. The molecule has 4 heteroatoms. The molecule has 0 bridgehead atoms. The first kappa shape index (κ1) is 12.6. The minimum atomic E-state index is -0.254. The topological polar surface area (TPSA) is 49.6 Å². The average Bonchev–Trinajstić information content (AvgIpc) is 2.77. The Labute approximate surface area is 114 Å². The molecule has 3 unspecified atom stereocenters. The fourth-order valence-corrected chi connectivity index (χ4v) is 3.20.